The van der Waals surface area contributed by atoms with Gasteiger partial charge in [0.1, 0.15) is 0 Å². The van der Waals surface area contributed by atoms with Crippen LogP contribution >= 0.6 is 0 Å². The monoisotopic (exact) mass is 291 g/mol. The van der Waals surface area contributed by atoms with Crippen LogP contribution in [0.3, 0.4) is 0 Å². The molecule has 0 aromatic carbocycles. The molecule has 0 unspecified atom stereocenters. The molecular weight excluding hydrogens is 262 g/mol. The third-order valence-electron chi connectivity index (χ3n) is 3.37. The van der Waals surface area contributed by atoms with Gasteiger partial charge in [-0.15, -0.1) is 0 Å². The van der Waals surface area contributed by atoms with Crippen molar-refractivity contribution in [2.45, 2.75) is 52.9 Å². The van der Waals surface area contributed by atoms with E-state index in [0.29, 0.717) is 5.56 Å². The number of aromatic nitrogens is 1. The second kappa shape index (κ2) is 10.2. The van der Waals surface area contributed by atoms with E-state index in [2.05, 4.69) is 31.1 Å². The lowest BCUT2D eigenvalue weighted by Crippen LogP contribution is -2.32. The van der Waals surface area contributed by atoms with E-state index in [-0.39, 0.29) is 5.91 Å². The number of carbonyl (C=O) groups excluding carboxylic acids is 1. The molecule has 0 saturated heterocycles. The van der Waals surface area contributed by atoms with Gasteiger partial charge in [-0.2, -0.15) is 0 Å². The van der Waals surface area contributed by atoms with Crippen LogP contribution in [0.5, 0.6) is 0 Å². The van der Waals surface area contributed by atoms with E-state index in [4.69, 9.17) is 0 Å². The molecule has 4 heteroatoms. The van der Waals surface area contributed by atoms with Crippen LogP contribution in [0.2, 0.25) is 0 Å². The van der Waals surface area contributed by atoms with E-state index in [0.717, 1.165) is 44.6 Å². The van der Waals surface area contributed by atoms with Gasteiger partial charge >= 0.3 is 0 Å². The minimum Gasteiger partial charge on any atom is -0.384 e. The van der Waals surface area contributed by atoms with Crippen molar-refractivity contribution in [3.8, 4) is 0 Å². The van der Waals surface area contributed by atoms with Gasteiger partial charge in [0.2, 0.25) is 0 Å². The van der Waals surface area contributed by atoms with Crippen LogP contribution in [-0.4, -0.2) is 35.4 Å². The van der Waals surface area contributed by atoms with Crippen molar-refractivity contribution in [3.05, 3.63) is 24.0 Å². The molecule has 0 bridgehead atoms. The zero-order valence-corrected chi connectivity index (χ0v) is 13.7. The number of hydrogen-bond donors (Lipinski definition) is 1. The molecule has 118 valence electrons. The summed E-state index contributed by atoms with van der Waals surface area (Å²) in [5.74, 6) is 0.0865. The van der Waals surface area contributed by atoms with Crippen LogP contribution in [0.15, 0.2) is 18.5 Å². The quantitative estimate of drug-likeness (QED) is 0.664. The fourth-order valence-electron chi connectivity index (χ4n) is 2.30. The highest BCUT2D eigenvalue weighted by Gasteiger charge is 2.14. The Balaban J connectivity index is 2.66. The van der Waals surface area contributed by atoms with E-state index < -0.39 is 0 Å². The second-order valence-corrected chi connectivity index (χ2v) is 5.39. The number of unbranched alkanes of at least 4 members (excludes halogenated alkanes) is 2. The first-order valence-corrected chi connectivity index (χ1v) is 8.21. The largest absolute Gasteiger partial charge is 0.384 e. The Hall–Kier alpha value is -1.58. The predicted molar refractivity (Wildman–Crippen MR) is 88.7 cm³/mol. The smallest absolute Gasteiger partial charge is 0.255 e. The fraction of sp³-hybridized carbons (Fsp3) is 0.647. The van der Waals surface area contributed by atoms with Crippen LogP contribution in [0, 0.1) is 0 Å². The van der Waals surface area contributed by atoms with Gasteiger partial charge in [-0.1, -0.05) is 33.6 Å². The molecule has 1 heterocycles. The fourth-order valence-corrected chi connectivity index (χ4v) is 2.30. The molecular formula is C17H29N3O. The minimum absolute atomic E-state index is 0.0865. The van der Waals surface area contributed by atoms with Crippen LogP contribution in [-0.2, 0) is 0 Å². The van der Waals surface area contributed by atoms with E-state index in [1.807, 2.05) is 11.0 Å². The minimum atomic E-state index is 0.0865. The summed E-state index contributed by atoms with van der Waals surface area (Å²) >= 11 is 0. The number of nitrogens with one attached hydrogen (secondary N) is 1. The zero-order valence-electron chi connectivity index (χ0n) is 13.7. The van der Waals surface area contributed by atoms with Crippen LogP contribution < -0.4 is 5.32 Å². The third kappa shape index (κ3) is 6.15. The Morgan fingerprint density at radius 3 is 2.43 bits per heavy atom. The second-order valence-electron chi connectivity index (χ2n) is 5.39. The van der Waals surface area contributed by atoms with Crippen molar-refractivity contribution >= 4 is 11.6 Å². The van der Waals surface area contributed by atoms with Gasteiger partial charge in [-0.05, 0) is 25.3 Å². The Morgan fingerprint density at radius 1 is 1.10 bits per heavy atom. The highest BCUT2D eigenvalue weighted by Crippen LogP contribution is 2.12. The molecule has 1 aromatic heterocycles. The molecule has 0 aliphatic rings. The normalized spacial score (nSPS) is 10.4. The van der Waals surface area contributed by atoms with Crippen LogP contribution in [0.25, 0.3) is 0 Å². The van der Waals surface area contributed by atoms with Crippen molar-refractivity contribution in [1.82, 2.24) is 9.88 Å². The summed E-state index contributed by atoms with van der Waals surface area (Å²) in [5, 5.41) is 3.34. The maximum Gasteiger partial charge on any atom is 0.255 e. The first kappa shape index (κ1) is 17.5. The molecule has 0 aliphatic heterocycles. The number of rotatable bonds is 10. The molecule has 1 rings (SSSR count). The molecule has 0 saturated carbocycles. The Morgan fingerprint density at radius 2 is 1.81 bits per heavy atom. The molecule has 0 atom stereocenters. The molecule has 1 aromatic rings. The maximum atomic E-state index is 12.5. The van der Waals surface area contributed by atoms with E-state index in [1.54, 1.807) is 12.4 Å². The summed E-state index contributed by atoms with van der Waals surface area (Å²) in [6, 6.07) is 1.92. The molecule has 0 fully saturated rings. The van der Waals surface area contributed by atoms with Crippen molar-refractivity contribution in [1.29, 1.82) is 0 Å². The van der Waals surface area contributed by atoms with Gasteiger partial charge in [0.25, 0.3) is 5.91 Å². The zero-order chi connectivity index (χ0) is 15.5. The lowest BCUT2D eigenvalue weighted by molar-refractivity contribution is 0.0755. The molecule has 21 heavy (non-hydrogen) atoms. The lowest BCUT2D eigenvalue weighted by Gasteiger charge is -2.21. The van der Waals surface area contributed by atoms with E-state index >= 15 is 0 Å². The van der Waals surface area contributed by atoms with Crippen LogP contribution in [0.4, 0.5) is 5.69 Å². The SMILES string of the molecule is CCCCCNc1cncc(C(=O)N(CCC)CCC)c1. The van der Waals surface area contributed by atoms with Crippen LogP contribution in [0.1, 0.15) is 63.2 Å². The highest BCUT2D eigenvalue weighted by molar-refractivity contribution is 5.94. The molecule has 0 spiro atoms. The molecule has 0 aliphatic carbocycles. The predicted octanol–water partition coefficient (Wildman–Crippen LogP) is 3.95. The van der Waals surface area contributed by atoms with Gasteiger partial charge < -0.3 is 10.2 Å². The first-order chi connectivity index (χ1) is 10.2. The molecule has 1 amide bonds. The number of amides is 1. The van der Waals surface area contributed by atoms with Crippen molar-refractivity contribution in [2.24, 2.45) is 0 Å². The average Bonchev–Trinajstić information content (AvgIpc) is 2.51. The van der Waals surface area contributed by atoms with Crippen molar-refractivity contribution < 1.29 is 4.79 Å². The topological polar surface area (TPSA) is 45.2 Å². The number of hydrogen-bond acceptors (Lipinski definition) is 3. The summed E-state index contributed by atoms with van der Waals surface area (Å²) in [6.07, 6.45) is 8.99. The van der Waals surface area contributed by atoms with E-state index in [9.17, 15) is 4.79 Å². The number of carbonyl (C=O) groups is 1. The summed E-state index contributed by atoms with van der Waals surface area (Å²) < 4.78 is 0. The molecule has 0 radical (unpaired) electrons. The first-order valence-electron chi connectivity index (χ1n) is 8.21. The Labute approximate surface area is 129 Å². The van der Waals surface area contributed by atoms with Gasteiger partial charge in [-0.3, -0.25) is 9.78 Å². The summed E-state index contributed by atoms with van der Waals surface area (Å²) in [7, 11) is 0. The summed E-state index contributed by atoms with van der Waals surface area (Å²) in [5.41, 5.74) is 1.61. The molecule has 4 nitrogen and oxygen atoms in total. The third-order valence-corrected chi connectivity index (χ3v) is 3.37. The van der Waals surface area contributed by atoms with Gasteiger partial charge in [0.05, 0.1) is 11.3 Å². The number of pyridine rings is 1. The Bertz CT molecular complexity index is 414. The summed E-state index contributed by atoms with van der Waals surface area (Å²) in [4.78, 5) is 18.6. The van der Waals surface area contributed by atoms with Gasteiger partial charge in [0, 0.05) is 32.0 Å². The Kier molecular flexibility index (Phi) is 8.48. The summed E-state index contributed by atoms with van der Waals surface area (Å²) in [6.45, 7) is 8.93. The number of nitrogens with zero attached hydrogens (tertiary/aromatic N) is 2. The van der Waals surface area contributed by atoms with E-state index in [1.165, 1.54) is 12.8 Å². The van der Waals surface area contributed by atoms with Gasteiger partial charge in [-0.25, -0.2) is 0 Å². The van der Waals surface area contributed by atoms with Crippen molar-refractivity contribution in [3.63, 3.8) is 0 Å². The van der Waals surface area contributed by atoms with Crippen molar-refractivity contribution in [2.75, 3.05) is 25.0 Å². The lowest BCUT2D eigenvalue weighted by atomic mass is 10.2. The average molecular weight is 291 g/mol. The van der Waals surface area contributed by atoms with Gasteiger partial charge in [0.15, 0.2) is 0 Å². The standard InChI is InChI=1S/C17H29N3O/c1-4-7-8-9-19-16-12-15(13-18-14-16)17(21)20(10-5-2)11-6-3/h12-14,19H,4-11H2,1-3H3. The molecule has 1 N–H and O–H groups in total. The number of anilines is 1. The highest BCUT2D eigenvalue weighted by atomic mass is 16.2. The maximum absolute atomic E-state index is 12.5.